The first-order valence-electron chi connectivity index (χ1n) is 5.44. The lowest BCUT2D eigenvalue weighted by Crippen LogP contribution is -2.05. The largest absolute Gasteiger partial charge is 0.466 e. The quantitative estimate of drug-likeness (QED) is 0.563. The van der Waals surface area contributed by atoms with Gasteiger partial charge in [0.1, 0.15) is 0 Å². The number of aryl methyl sites for hydroxylation is 1. The highest BCUT2D eigenvalue weighted by Crippen LogP contribution is 2.00. The molecule has 0 aliphatic carbocycles. The summed E-state index contributed by atoms with van der Waals surface area (Å²) in [6.07, 6.45) is 2.12. The van der Waals surface area contributed by atoms with Crippen molar-refractivity contribution in [1.82, 2.24) is 0 Å². The molecule has 1 aromatic rings. The minimum atomic E-state index is -0.191. The second-order valence-corrected chi connectivity index (χ2v) is 3.50. The molecule has 3 nitrogen and oxygen atoms in total. The maximum absolute atomic E-state index is 11.0. The van der Waals surface area contributed by atoms with Crippen LogP contribution in [0.25, 0.3) is 0 Å². The molecule has 1 aromatic carbocycles. The van der Waals surface area contributed by atoms with Gasteiger partial charge in [-0.1, -0.05) is 29.8 Å². The van der Waals surface area contributed by atoms with Gasteiger partial charge in [-0.15, -0.1) is 0 Å². The Bertz CT molecular complexity index is 355. The molecule has 0 saturated carbocycles. The van der Waals surface area contributed by atoms with E-state index in [0.717, 1.165) is 5.56 Å². The number of rotatable bonds is 5. The number of hydrogen-bond acceptors (Lipinski definition) is 3. The summed E-state index contributed by atoms with van der Waals surface area (Å²) >= 11 is 0. The van der Waals surface area contributed by atoms with Crippen molar-refractivity contribution in [1.29, 1.82) is 0 Å². The molecule has 0 spiro atoms. The predicted octanol–water partition coefficient (Wildman–Crippen LogP) is 2.37. The van der Waals surface area contributed by atoms with Crippen LogP contribution in [0.2, 0.25) is 0 Å². The highest BCUT2D eigenvalue weighted by Gasteiger charge is 1.98. The van der Waals surface area contributed by atoms with Gasteiger partial charge in [-0.2, -0.15) is 0 Å². The molecule has 0 aliphatic heterocycles. The molecule has 0 atom stereocenters. The molecule has 0 heterocycles. The standard InChI is InChI=1S/C13H17NO2/c1-3-16-13(15)8-9-14-10-12-6-4-11(2)5-7-12/h4-7,10H,3,8-9H2,1-2H3. The van der Waals surface area contributed by atoms with Crippen LogP contribution >= 0.6 is 0 Å². The van der Waals surface area contributed by atoms with E-state index in [-0.39, 0.29) is 5.97 Å². The number of benzene rings is 1. The molecular weight excluding hydrogens is 202 g/mol. The Balaban J connectivity index is 2.32. The van der Waals surface area contributed by atoms with Crippen LogP contribution in [-0.4, -0.2) is 25.3 Å². The van der Waals surface area contributed by atoms with Gasteiger partial charge in [-0.3, -0.25) is 9.79 Å². The third-order valence-corrected chi connectivity index (χ3v) is 2.07. The number of aliphatic imine (C=N–C) groups is 1. The summed E-state index contributed by atoms with van der Waals surface area (Å²) in [7, 11) is 0. The normalized spacial score (nSPS) is 10.6. The Morgan fingerprint density at radius 2 is 2.06 bits per heavy atom. The molecule has 0 fully saturated rings. The number of hydrogen-bond donors (Lipinski definition) is 0. The van der Waals surface area contributed by atoms with Crippen molar-refractivity contribution >= 4 is 12.2 Å². The Labute approximate surface area is 96.2 Å². The fourth-order valence-corrected chi connectivity index (χ4v) is 1.21. The summed E-state index contributed by atoms with van der Waals surface area (Å²) in [6, 6.07) is 8.08. The maximum atomic E-state index is 11.0. The first-order chi connectivity index (χ1) is 7.72. The summed E-state index contributed by atoms with van der Waals surface area (Å²) in [5.41, 5.74) is 2.28. The summed E-state index contributed by atoms with van der Waals surface area (Å²) < 4.78 is 4.80. The number of carbonyl (C=O) groups excluding carboxylic acids is 1. The Morgan fingerprint density at radius 3 is 2.69 bits per heavy atom. The molecule has 0 amide bonds. The zero-order chi connectivity index (χ0) is 11.8. The van der Waals surface area contributed by atoms with E-state index in [1.165, 1.54) is 5.56 Å². The average Bonchev–Trinajstić information content (AvgIpc) is 2.27. The summed E-state index contributed by atoms with van der Waals surface area (Å²) in [5.74, 6) is -0.191. The Hall–Kier alpha value is -1.64. The minimum absolute atomic E-state index is 0.191. The molecule has 0 bridgehead atoms. The van der Waals surface area contributed by atoms with Crippen molar-refractivity contribution in [3.8, 4) is 0 Å². The fourth-order valence-electron chi connectivity index (χ4n) is 1.21. The van der Waals surface area contributed by atoms with E-state index >= 15 is 0 Å². The number of esters is 1. The van der Waals surface area contributed by atoms with Crippen molar-refractivity contribution in [2.45, 2.75) is 20.3 Å². The zero-order valence-corrected chi connectivity index (χ0v) is 9.77. The summed E-state index contributed by atoms with van der Waals surface area (Å²) in [6.45, 7) is 4.75. The van der Waals surface area contributed by atoms with E-state index in [2.05, 4.69) is 4.99 Å². The predicted molar refractivity (Wildman–Crippen MR) is 64.9 cm³/mol. The van der Waals surface area contributed by atoms with E-state index in [1.54, 1.807) is 13.1 Å². The lowest BCUT2D eigenvalue weighted by molar-refractivity contribution is -0.142. The van der Waals surface area contributed by atoms with Gasteiger partial charge < -0.3 is 4.74 Å². The molecule has 86 valence electrons. The first-order valence-corrected chi connectivity index (χ1v) is 5.44. The molecule has 0 saturated heterocycles. The van der Waals surface area contributed by atoms with Crippen LogP contribution in [0.3, 0.4) is 0 Å². The number of carbonyl (C=O) groups is 1. The average molecular weight is 219 g/mol. The van der Waals surface area contributed by atoms with Crippen molar-refractivity contribution in [3.05, 3.63) is 35.4 Å². The topological polar surface area (TPSA) is 38.7 Å². The van der Waals surface area contributed by atoms with Crippen molar-refractivity contribution in [3.63, 3.8) is 0 Å². The molecule has 1 rings (SSSR count). The first kappa shape index (κ1) is 12.4. The van der Waals surface area contributed by atoms with E-state index in [4.69, 9.17) is 4.74 Å². The molecule has 0 unspecified atom stereocenters. The van der Waals surface area contributed by atoms with Gasteiger partial charge in [-0.05, 0) is 19.4 Å². The molecule has 0 N–H and O–H groups in total. The van der Waals surface area contributed by atoms with Gasteiger partial charge in [0, 0.05) is 12.8 Å². The summed E-state index contributed by atoms with van der Waals surface area (Å²) in [5, 5.41) is 0. The van der Waals surface area contributed by atoms with Crippen molar-refractivity contribution < 1.29 is 9.53 Å². The van der Waals surface area contributed by atoms with Gasteiger partial charge in [0.2, 0.25) is 0 Å². The van der Waals surface area contributed by atoms with Crippen LogP contribution in [0, 0.1) is 6.92 Å². The second kappa shape index (κ2) is 6.77. The number of nitrogens with zero attached hydrogens (tertiary/aromatic N) is 1. The van der Waals surface area contributed by atoms with Crippen LogP contribution in [0.5, 0.6) is 0 Å². The minimum Gasteiger partial charge on any atom is -0.466 e. The smallest absolute Gasteiger partial charge is 0.307 e. The van der Waals surface area contributed by atoms with Gasteiger partial charge >= 0.3 is 5.97 Å². The maximum Gasteiger partial charge on any atom is 0.307 e. The monoisotopic (exact) mass is 219 g/mol. The molecule has 3 heteroatoms. The van der Waals surface area contributed by atoms with Gasteiger partial charge in [0.15, 0.2) is 0 Å². The third kappa shape index (κ3) is 4.73. The van der Waals surface area contributed by atoms with Crippen molar-refractivity contribution in [2.24, 2.45) is 4.99 Å². The molecule has 16 heavy (non-hydrogen) atoms. The number of ether oxygens (including phenoxy) is 1. The molecule has 0 aromatic heterocycles. The summed E-state index contributed by atoms with van der Waals surface area (Å²) in [4.78, 5) is 15.2. The van der Waals surface area contributed by atoms with E-state index < -0.39 is 0 Å². The van der Waals surface area contributed by atoms with Crippen LogP contribution in [0.1, 0.15) is 24.5 Å². The van der Waals surface area contributed by atoms with Crippen LogP contribution in [0.4, 0.5) is 0 Å². The highest BCUT2D eigenvalue weighted by molar-refractivity contribution is 5.79. The van der Waals surface area contributed by atoms with Crippen LogP contribution in [0.15, 0.2) is 29.3 Å². The Kier molecular flexibility index (Phi) is 5.26. The third-order valence-electron chi connectivity index (χ3n) is 2.07. The van der Waals surface area contributed by atoms with Crippen LogP contribution in [-0.2, 0) is 9.53 Å². The Morgan fingerprint density at radius 1 is 1.38 bits per heavy atom. The second-order valence-electron chi connectivity index (χ2n) is 3.50. The molecule has 0 radical (unpaired) electrons. The lowest BCUT2D eigenvalue weighted by atomic mass is 10.2. The van der Waals surface area contributed by atoms with Gasteiger partial charge in [0.05, 0.1) is 13.0 Å². The zero-order valence-electron chi connectivity index (χ0n) is 9.77. The van der Waals surface area contributed by atoms with Gasteiger partial charge in [0.25, 0.3) is 0 Å². The lowest BCUT2D eigenvalue weighted by Gasteiger charge is -1.98. The fraction of sp³-hybridized carbons (Fsp3) is 0.385. The van der Waals surface area contributed by atoms with Crippen molar-refractivity contribution in [2.75, 3.05) is 13.2 Å². The molecule has 0 aliphatic rings. The van der Waals surface area contributed by atoms with E-state index in [1.807, 2.05) is 31.2 Å². The molecular formula is C13H17NO2. The van der Waals surface area contributed by atoms with E-state index in [0.29, 0.717) is 19.6 Å². The SMILES string of the molecule is CCOC(=O)CCN=Cc1ccc(C)cc1. The van der Waals surface area contributed by atoms with Crippen LogP contribution < -0.4 is 0 Å². The highest BCUT2D eigenvalue weighted by atomic mass is 16.5. The van der Waals surface area contributed by atoms with E-state index in [9.17, 15) is 4.79 Å². The van der Waals surface area contributed by atoms with Gasteiger partial charge in [-0.25, -0.2) is 0 Å².